The van der Waals surface area contributed by atoms with Crippen LogP contribution in [0.4, 0.5) is 4.79 Å². The predicted octanol–water partition coefficient (Wildman–Crippen LogP) is 2.43. The average Bonchev–Trinajstić information content (AvgIpc) is 2.24. The van der Waals surface area contributed by atoms with Crippen LogP contribution in [0.25, 0.3) is 0 Å². The lowest BCUT2D eigenvalue weighted by atomic mass is 9.83. The Morgan fingerprint density at radius 2 is 1.71 bits per heavy atom. The van der Waals surface area contributed by atoms with Gasteiger partial charge in [0.15, 0.2) is 0 Å². The molecule has 0 unspecified atom stereocenters. The molecule has 0 bridgehead atoms. The molecule has 0 aromatic carbocycles. The second-order valence-corrected chi connectivity index (χ2v) is 8.37. The molecule has 0 heterocycles. The van der Waals surface area contributed by atoms with Crippen LogP contribution in [0, 0.1) is 5.92 Å². The molecule has 0 radical (unpaired) electrons. The smallest absolute Gasteiger partial charge is 0.407 e. The molecular formula is C14H27NO5S. The molecule has 1 rings (SSSR count). The zero-order valence-corrected chi connectivity index (χ0v) is 14.3. The third-order valence-electron chi connectivity index (χ3n) is 3.48. The molecule has 1 atom stereocenters. The van der Waals surface area contributed by atoms with Crippen molar-refractivity contribution >= 4 is 16.2 Å². The molecule has 7 heteroatoms. The summed E-state index contributed by atoms with van der Waals surface area (Å²) in [5.41, 5.74) is -0.509. The number of carbonyl (C=O) groups excluding carboxylic acids is 1. The van der Waals surface area contributed by atoms with Gasteiger partial charge in [-0.15, -0.1) is 0 Å². The zero-order valence-electron chi connectivity index (χ0n) is 13.5. The van der Waals surface area contributed by atoms with Gasteiger partial charge >= 0.3 is 6.09 Å². The number of ether oxygens (including phenoxy) is 1. The number of carbonyl (C=O) groups is 1. The SMILES string of the molecule is C[C@@H](NC(=O)OC(C)(C)C)[C@H]1CC[C@@H](OS(C)(=O)=O)CC1. The molecule has 1 N–H and O–H groups in total. The summed E-state index contributed by atoms with van der Waals surface area (Å²) < 4.78 is 32.4. The minimum atomic E-state index is -3.39. The molecule has 0 saturated heterocycles. The second-order valence-electron chi connectivity index (χ2n) is 6.77. The summed E-state index contributed by atoms with van der Waals surface area (Å²) in [6.45, 7) is 7.42. The van der Waals surface area contributed by atoms with Gasteiger partial charge in [0.2, 0.25) is 0 Å². The quantitative estimate of drug-likeness (QED) is 0.804. The summed E-state index contributed by atoms with van der Waals surface area (Å²) in [4.78, 5) is 11.7. The fourth-order valence-electron chi connectivity index (χ4n) is 2.54. The van der Waals surface area contributed by atoms with Gasteiger partial charge in [0.25, 0.3) is 10.1 Å². The number of amides is 1. The van der Waals surface area contributed by atoms with Crippen molar-refractivity contribution in [3.8, 4) is 0 Å². The lowest BCUT2D eigenvalue weighted by Crippen LogP contribution is -2.42. The Labute approximate surface area is 127 Å². The summed E-state index contributed by atoms with van der Waals surface area (Å²) in [5, 5.41) is 2.85. The molecule has 1 aliphatic rings. The Morgan fingerprint density at radius 1 is 1.19 bits per heavy atom. The van der Waals surface area contributed by atoms with E-state index in [1.165, 1.54) is 0 Å². The molecule has 6 nitrogen and oxygen atoms in total. The van der Waals surface area contributed by atoms with E-state index in [1.54, 1.807) is 0 Å². The highest BCUT2D eigenvalue weighted by Crippen LogP contribution is 2.29. The first-order valence-electron chi connectivity index (χ1n) is 7.34. The Hall–Kier alpha value is -0.820. The number of nitrogens with one attached hydrogen (secondary N) is 1. The van der Waals surface area contributed by atoms with Crippen molar-refractivity contribution in [2.24, 2.45) is 5.92 Å². The van der Waals surface area contributed by atoms with Gasteiger partial charge in [-0.3, -0.25) is 4.18 Å². The highest BCUT2D eigenvalue weighted by atomic mass is 32.2. The molecule has 1 fully saturated rings. The maximum atomic E-state index is 11.7. The molecule has 21 heavy (non-hydrogen) atoms. The number of hydrogen-bond donors (Lipinski definition) is 1. The van der Waals surface area contributed by atoms with Crippen LogP contribution in [0.1, 0.15) is 53.4 Å². The summed E-state index contributed by atoms with van der Waals surface area (Å²) in [6, 6.07) is -0.000895. The number of rotatable bonds is 4. The predicted molar refractivity (Wildman–Crippen MR) is 80.5 cm³/mol. The molecule has 1 aliphatic carbocycles. The second kappa shape index (κ2) is 6.96. The Kier molecular flexibility index (Phi) is 6.04. The number of hydrogen-bond acceptors (Lipinski definition) is 5. The van der Waals surface area contributed by atoms with Crippen molar-refractivity contribution in [2.45, 2.75) is 71.1 Å². The van der Waals surface area contributed by atoms with Crippen molar-refractivity contribution < 1.29 is 22.1 Å². The standard InChI is InChI=1S/C14H27NO5S/c1-10(15-13(16)19-14(2,3)4)11-6-8-12(9-7-11)20-21(5,17)18/h10-12H,6-9H2,1-5H3,(H,15,16)/t10-,11-,12+/m1/s1. The van der Waals surface area contributed by atoms with Gasteiger partial charge in [0, 0.05) is 6.04 Å². The van der Waals surface area contributed by atoms with E-state index in [1.807, 2.05) is 27.7 Å². The topological polar surface area (TPSA) is 81.7 Å². The molecule has 0 aliphatic heterocycles. The first-order valence-corrected chi connectivity index (χ1v) is 9.16. The first kappa shape index (κ1) is 18.2. The van der Waals surface area contributed by atoms with Crippen LogP contribution in [0.15, 0.2) is 0 Å². The van der Waals surface area contributed by atoms with Crippen molar-refractivity contribution in [3.05, 3.63) is 0 Å². The normalized spacial score (nSPS) is 25.2. The van der Waals surface area contributed by atoms with Crippen molar-refractivity contribution in [2.75, 3.05) is 6.26 Å². The Bertz CT molecular complexity index is 446. The third kappa shape index (κ3) is 7.66. The van der Waals surface area contributed by atoms with Crippen molar-refractivity contribution in [3.63, 3.8) is 0 Å². The minimum absolute atomic E-state index is 0.000895. The van der Waals surface area contributed by atoms with E-state index in [-0.39, 0.29) is 12.1 Å². The first-order chi connectivity index (χ1) is 9.46. The van der Waals surface area contributed by atoms with Gasteiger partial charge < -0.3 is 10.1 Å². The highest BCUT2D eigenvalue weighted by molar-refractivity contribution is 7.86. The van der Waals surface area contributed by atoms with Crippen LogP contribution in [0.5, 0.6) is 0 Å². The minimum Gasteiger partial charge on any atom is -0.444 e. The van der Waals surface area contributed by atoms with Gasteiger partial charge in [-0.05, 0) is 59.3 Å². The van der Waals surface area contributed by atoms with Crippen LogP contribution < -0.4 is 5.32 Å². The molecule has 1 amide bonds. The third-order valence-corrected chi connectivity index (χ3v) is 4.10. The maximum Gasteiger partial charge on any atom is 0.407 e. The molecule has 1 saturated carbocycles. The van der Waals surface area contributed by atoms with Crippen molar-refractivity contribution in [1.82, 2.24) is 5.32 Å². The molecular weight excluding hydrogens is 294 g/mol. The van der Waals surface area contributed by atoms with E-state index in [4.69, 9.17) is 8.92 Å². The summed E-state index contributed by atoms with van der Waals surface area (Å²) in [5.74, 6) is 0.317. The van der Waals surface area contributed by atoms with Gasteiger partial charge in [-0.2, -0.15) is 8.42 Å². The Balaban J connectivity index is 2.38. The largest absolute Gasteiger partial charge is 0.444 e. The van der Waals surface area contributed by atoms with Gasteiger partial charge in [-0.25, -0.2) is 4.79 Å². The highest BCUT2D eigenvalue weighted by Gasteiger charge is 2.29. The lowest BCUT2D eigenvalue weighted by molar-refractivity contribution is 0.0471. The van der Waals surface area contributed by atoms with Gasteiger partial charge in [-0.1, -0.05) is 0 Å². The van der Waals surface area contributed by atoms with E-state index in [9.17, 15) is 13.2 Å². The summed E-state index contributed by atoms with van der Waals surface area (Å²) in [6.07, 6.45) is 3.48. The van der Waals surface area contributed by atoms with Crippen LogP contribution in [-0.4, -0.2) is 38.5 Å². The van der Waals surface area contributed by atoms with E-state index in [0.717, 1.165) is 19.1 Å². The lowest BCUT2D eigenvalue weighted by Gasteiger charge is -2.32. The average molecular weight is 321 g/mol. The fourth-order valence-corrected chi connectivity index (χ4v) is 3.23. The van der Waals surface area contributed by atoms with E-state index < -0.39 is 21.8 Å². The monoisotopic (exact) mass is 321 g/mol. The van der Waals surface area contributed by atoms with Crippen LogP contribution in [0.2, 0.25) is 0 Å². The van der Waals surface area contributed by atoms with Crippen molar-refractivity contribution in [1.29, 1.82) is 0 Å². The van der Waals surface area contributed by atoms with Crippen LogP contribution >= 0.6 is 0 Å². The van der Waals surface area contributed by atoms with Gasteiger partial charge in [0.1, 0.15) is 5.60 Å². The zero-order chi connectivity index (χ0) is 16.3. The summed E-state index contributed by atoms with van der Waals surface area (Å²) in [7, 11) is -3.39. The molecule has 0 aromatic heterocycles. The van der Waals surface area contributed by atoms with Gasteiger partial charge in [0.05, 0.1) is 12.4 Å². The fraction of sp³-hybridized carbons (Fsp3) is 0.929. The summed E-state index contributed by atoms with van der Waals surface area (Å²) >= 11 is 0. The van der Waals surface area contributed by atoms with E-state index in [0.29, 0.717) is 18.8 Å². The number of alkyl carbamates (subject to hydrolysis) is 1. The van der Waals surface area contributed by atoms with E-state index in [2.05, 4.69) is 5.32 Å². The van der Waals surface area contributed by atoms with Crippen LogP contribution in [-0.2, 0) is 19.0 Å². The van der Waals surface area contributed by atoms with E-state index >= 15 is 0 Å². The Morgan fingerprint density at radius 3 is 2.14 bits per heavy atom. The van der Waals surface area contributed by atoms with Crippen LogP contribution in [0.3, 0.4) is 0 Å². The molecule has 0 spiro atoms. The maximum absolute atomic E-state index is 11.7. The molecule has 0 aromatic rings. The molecule has 124 valence electrons.